The lowest BCUT2D eigenvalue weighted by Gasteiger charge is -2.17. The van der Waals surface area contributed by atoms with Crippen molar-refractivity contribution in [1.29, 1.82) is 0 Å². The van der Waals surface area contributed by atoms with Crippen molar-refractivity contribution in [2.75, 3.05) is 0 Å². The fourth-order valence-corrected chi connectivity index (χ4v) is 3.41. The topological polar surface area (TPSA) is 68.2 Å². The molecule has 0 unspecified atom stereocenters. The van der Waals surface area contributed by atoms with Crippen molar-refractivity contribution in [2.24, 2.45) is 0 Å². The smallest absolute Gasteiger partial charge is 0.256 e. The van der Waals surface area contributed by atoms with E-state index in [9.17, 15) is 13.9 Å². The summed E-state index contributed by atoms with van der Waals surface area (Å²) in [7, 11) is 0. The Morgan fingerprint density at radius 1 is 1.14 bits per heavy atom. The first kappa shape index (κ1) is 19.2. The highest BCUT2D eigenvalue weighted by molar-refractivity contribution is 5.77. The van der Waals surface area contributed by atoms with Gasteiger partial charge in [0.05, 0.1) is 36.2 Å². The molecule has 29 heavy (non-hydrogen) atoms. The van der Waals surface area contributed by atoms with Crippen LogP contribution in [-0.2, 0) is 12.1 Å². The Morgan fingerprint density at radius 3 is 2.62 bits per heavy atom. The average molecular weight is 397 g/mol. The monoisotopic (exact) mass is 397 g/mol. The second-order valence-corrected chi connectivity index (χ2v) is 7.50. The van der Waals surface area contributed by atoms with Crippen molar-refractivity contribution in [3.8, 4) is 22.6 Å². The predicted octanol–water partition coefficient (Wildman–Crippen LogP) is 4.06. The van der Waals surface area contributed by atoms with Gasteiger partial charge in [-0.15, -0.1) is 0 Å². The molecule has 0 aliphatic carbocycles. The second-order valence-electron chi connectivity index (χ2n) is 7.50. The van der Waals surface area contributed by atoms with E-state index in [1.54, 1.807) is 36.7 Å². The zero-order chi connectivity index (χ0) is 20.8. The van der Waals surface area contributed by atoms with Gasteiger partial charge in [0, 0.05) is 17.5 Å². The Labute approximate surface area is 166 Å². The summed E-state index contributed by atoms with van der Waals surface area (Å²) in [5.74, 6) is 0. The molecule has 0 saturated heterocycles. The molecule has 0 saturated carbocycles. The number of aromatic nitrogens is 5. The van der Waals surface area contributed by atoms with Gasteiger partial charge in [0.25, 0.3) is 6.43 Å². The van der Waals surface area contributed by atoms with Crippen LogP contribution in [0.3, 0.4) is 0 Å². The van der Waals surface area contributed by atoms with Gasteiger partial charge < -0.3 is 14.1 Å². The normalized spacial score (nSPS) is 12.2. The Kier molecular flexibility index (Phi) is 4.66. The van der Waals surface area contributed by atoms with E-state index in [2.05, 4.69) is 15.0 Å². The zero-order valence-electron chi connectivity index (χ0n) is 16.3. The molecule has 0 spiro atoms. The van der Waals surface area contributed by atoms with E-state index in [0.717, 1.165) is 5.69 Å². The van der Waals surface area contributed by atoms with E-state index in [1.807, 2.05) is 31.2 Å². The minimum absolute atomic E-state index is 0.478. The number of halogens is 2. The lowest BCUT2D eigenvalue weighted by atomic mass is 10.1. The molecular formula is C21H21F2N5O. The third-order valence-corrected chi connectivity index (χ3v) is 4.71. The summed E-state index contributed by atoms with van der Waals surface area (Å²) in [6.45, 7) is 4.74. The van der Waals surface area contributed by atoms with Gasteiger partial charge in [0.1, 0.15) is 16.9 Å². The summed E-state index contributed by atoms with van der Waals surface area (Å²) in [4.78, 5) is 13.2. The Balaban J connectivity index is 1.94. The van der Waals surface area contributed by atoms with Crippen LogP contribution >= 0.6 is 0 Å². The van der Waals surface area contributed by atoms with Crippen molar-refractivity contribution in [3.05, 3.63) is 60.4 Å². The molecule has 4 aromatic heterocycles. The summed E-state index contributed by atoms with van der Waals surface area (Å²) < 4.78 is 29.6. The number of hydrogen-bond acceptors (Lipinski definition) is 4. The molecule has 0 aliphatic heterocycles. The molecule has 8 heteroatoms. The van der Waals surface area contributed by atoms with Crippen LogP contribution in [0.15, 0.2) is 49.1 Å². The van der Waals surface area contributed by atoms with Crippen LogP contribution in [0.25, 0.3) is 28.3 Å². The molecule has 4 aromatic rings. The van der Waals surface area contributed by atoms with Crippen LogP contribution in [-0.4, -0.2) is 35.5 Å². The van der Waals surface area contributed by atoms with E-state index in [0.29, 0.717) is 34.0 Å². The van der Waals surface area contributed by atoms with Gasteiger partial charge in [-0.05, 0) is 45.0 Å². The maximum absolute atomic E-state index is 13.2. The van der Waals surface area contributed by atoms with Crippen molar-refractivity contribution in [2.45, 2.75) is 39.3 Å². The SMILES string of the molecule is Cc1cccc(-c2ncn(CC(F)F)c2-c2ccc3ncc(C(C)(C)O)n3c2)n1. The Bertz CT molecular complexity index is 1170. The molecule has 0 amide bonds. The minimum atomic E-state index is -2.52. The van der Waals surface area contributed by atoms with E-state index in [1.165, 1.54) is 10.9 Å². The summed E-state index contributed by atoms with van der Waals surface area (Å²) in [6.07, 6.45) is 2.28. The highest BCUT2D eigenvalue weighted by Crippen LogP contribution is 2.32. The number of hydrogen-bond donors (Lipinski definition) is 1. The number of pyridine rings is 2. The van der Waals surface area contributed by atoms with E-state index in [-0.39, 0.29) is 0 Å². The minimum Gasteiger partial charge on any atom is -0.384 e. The zero-order valence-corrected chi connectivity index (χ0v) is 16.3. The van der Waals surface area contributed by atoms with Crippen LogP contribution in [0.4, 0.5) is 8.78 Å². The van der Waals surface area contributed by atoms with E-state index in [4.69, 9.17) is 0 Å². The number of aliphatic hydroxyl groups is 1. The van der Waals surface area contributed by atoms with E-state index < -0.39 is 18.6 Å². The van der Waals surface area contributed by atoms with Crippen molar-refractivity contribution >= 4 is 5.65 Å². The number of nitrogens with zero attached hydrogens (tertiary/aromatic N) is 5. The number of alkyl halides is 2. The molecule has 1 N–H and O–H groups in total. The van der Waals surface area contributed by atoms with Crippen LogP contribution in [0.1, 0.15) is 25.2 Å². The van der Waals surface area contributed by atoms with Crippen molar-refractivity contribution in [3.63, 3.8) is 0 Å². The molecule has 0 aromatic carbocycles. The molecule has 4 heterocycles. The van der Waals surface area contributed by atoms with Crippen molar-refractivity contribution in [1.82, 2.24) is 23.9 Å². The first-order valence-corrected chi connectivity index (χ1v) is 9.21. The third-order valence-electron chi connectivity index (χ3n) is 4.71. The summed E-state index contributed by atoms with van der Waals surface area (Å²) in [5.41, 5.74) is 3.32. The highest BCUT2D eigenvalue weighted by Gasteiger charge is 2.23. The summed E-state index contributed by atoms with van der Waals surface area (Å²) >= 11 is 0. The van der Waals surface area contributed by atoms with Gasteiger partial charge in [-0.2, -0.15) is 0 Å². The maximum Gasteiger partial charge on any atom is 0.256 e. The van der Waals surface area contributed by atoms with Gasteiger partial charge in [0.15, 0.2) is 0 Å². The molecular weight excluding hydrogens is 376 g/mol. The summed E-state index contributed by atoms with van der Waals surface area (Å²) in [5, 5.41) is 10.4. The lowest BCUT2D eigenvalue weighted by Crippen LogP contribution is -2.18. The highest BCUT2D eigenvalue weighted by atomic mass is 19.3. The first-order valence-electron chi connectivity index (χ1n) is 9.21. The number of rotatable bonds is 5. The molecule has 6 nitrogen and oxygen atoms in total. The standard InChI is InChI=1S/C21H21F2N5O/c1-13-5-4-6-15(26-13)19-20(27(12-25-19)11-17(22)23)14-7-8-18-24-9-16(21(2,3)29)28(18)10-14/h4-10,12,17,29H,11H2,1-3H3. The van der Waals surface area contributed by atoms with Gasteiger partial charge in [-0.25, -0.2) is 18.7 Å². The maximum atomic E-state index is 13.2. The largest absolute Gasteiger partial charge is 0.384 e. The first-order chi connectivity index (χ1) is 13.7. The second kappa shape index (κ2) is 7.04. The fourth-order valence-electron chi connectivity index (χ4n) is 3.41. The van der Waals surface area contributed by atoms with Crippen LogP contribution < -0.4 is 0 Å². The van der Waals surface area contributed by atoms with Crippen LogP contribution in [0.5, 0.6) is 0 Å². The molecule has 0 aliphatic rings. The Morgan fingerprint density at radius 2 is 1.93 bits per heavy atom. The van der Waals surface area contributed by atoms with Crippen LogP contribution in [0, 0.1) is 6.92 Å². The number of fused-ring (bicyclic) bond motifs is 1. The van der Waals surface area contributed by atoms with Gasteiger partial charge in [-0.1, -0.05) is 6.07 Å². The Hall–Kier alpha value is -3.13. The fraction of sp³-hybridized carbons (Fsp3) is 0.286. The molecule has 0 radical (unpaired) electrons. The van der Waals surface area contributed by atoms with Gasteiger partial charge >= 0.3 is 0 Å². The number of imidazole rings is 2. The van der Waals surface area contributed by atoms with Gasteiger partial charge in [-0.3, -0.25) is 4.98 Å². The average Bonchev–Trinajstić information content (AvgIpc) is 3.24. The van der Waals surface area contributed by atoms with Gasteiger partial charge in [0.2, 0.25) is 0 Å². The molecule has 150 valence electrons. The summed E-state index contributed by atoms with van der Waals surface area (Å²) in [6, 6.07) is 9.14. The quantitative estimate of drug-likeness (QED) is 0.551. The number of aryl methyl sites for hydroxylation is 1. The molecule has 0 bridgehead atoms. The van der Waals surface area contributed by atoms with Crippen LogP contribution in [0.2, 0.25) is 0 Å². The lowest BCUT2D eigenvalue weighted by molar-refractivity contribution is 0.0730. The van der Waals surface area contributed by atoms with Crippen molar-refractivity contribution < 1.29 is 13.9 Å². The van der Waals surface area contributed by atoms with E-state index >= 15 is 0 Å². The molecule has 0 atom stereocenters. The third kappa shape index (κ3) is 3.63. The predicted molar refractivity (Wildman–Crippen MR) is 106 cm³/mol. The molecule has 0 fully saturated rings. The molecule has 4 rings (SSSR count).